The van der Waals surface area contributed by atoms with E-state index in [0.717, 1.165) is 12.5 Å². The zero-order valence-electron chi connectivity index (χ0n) is 12.2. The fourth-order valence-electron chi connectivity index (χ4n) is 4.67. The van der Waals surface area contributed by atoms with E-state index in [4.69, 9.17) is 0 Å². The third-order valence-corrected chi connectivity index (χ3v) is 6.50. The highest BCUT2D eigenvalue weighted by Gasteiger charge is 2.58. The van der Waals surface area contributed by atoms with Crippen LogP contribution < -0.4 is 5.32 Å². The van der Waals surface area contributed by atoms with E-state index < -0.39 is 0 Å². The van der Waals surface area contributed by atoms with Crippen LogP contribution in [0.15, 0.2) is 28.7 Å². The number of halogens is 1. The fraction of sp³-hybridized carbons (Fsp3) is 0.647. The number of nitrogens with one attached hydrogen (secondary N) is 1. The minimum absolute atomic E-state index is 0.439. The monoisotopic (exact) mass is 321 g/mol. The predicted octanol–water partition coefficient (Wildman–Crippen LogP) is 4.75. The van der Waals surface area contributed by atoms with Gasteiger partial charge in [-0.25, -0.2) is 0 Å². The van der Waals surface area contributed by atoms with Gasteiger partial charge in [-0.3, -0.25) is 0 Å². The van der Waals surface area contributed by atoms with Crippen molar-refractivity contribution in [2.75, 3.05) is 0 Å². The van der Waals surface area contributed by atoms with Crippen LogP contribution in [0, 0.1) is 16.7 Å². The van der Waals surface area contributed by atoms with Gasteiger partial charge in [-0.15, -0.1) is 0 Å². The van der Waals surface area contributed by atoms with E-state index in [1.54, 1.807) is 0 Å². The van der Waals surface area contributed by atoms with Crippen LogP contribution in [0.3, 0.4) is 0 Å². The highest BCUT2D eigenvalue weighted by atomic mass is 79.9. The lowest BCUT2D eigenvalue weighted by Gasteiger charge is -2.43. The van der Waals surface area contributed by atoms with Gasteiger partial charge in [0, 0.05) is 17.1 Å². The van der Waals surface area contributed by atoms with Gasteiger partial charge in [0.05, 0.1) is 0 Å². The lowest BCUT2D eigenvalue weighted by Crippen LogP contribution is -2.49. The summed E-state index contributed by atoms with van der Waals surface area (Å²) in [5.74, 6) is 0.911. The molecular weight excluding hydrogens is 298 g/mol. The Hall–Kier alpha value is -0.340. The number of fused-ring (bicyclic) bond motifs is 2. The van der Waals surface area contributed by atoms with Crippen LogP contribution in [-0.4, -0.2) is 6.04 Å². The zero-order chi connectivity index (χ0) is 13.7. The summed E-state index contributed by atoms with van der Waals surface area (Å²) < 4.78 is 1.22. The Morgan fingerprint density at radius 2 is 2.00 bits per heavy atom. The van der Waals surface area contributed by atoms with Crippen molar-refractivity contribution >= 4 is 15.9 Å². The Labute approximate surface area is 125 Å². The van der Waals surface area contributed by atoms with Crippen molar-refractivity contribution in [3.63, 3.8) is 0 Å². The lowest BCUT2D eigenvalue weighted by atomic mass is 9.68. The predicted molar refractivity (Wildman–Crippen MR) is 84.0 cm³/mol. The highest BCUT2D eigenvalue weighted by molar-refractivity contribution is 9.10. The molecule has 104 valence electrons. The molecule has 3 atom stereocenters. The summed E-state index contributed by atoms with van der Waals surface area (Å²) >= 11 is 3.65. The van der Waals surface area contributed by atoms with E-state index in [1.165, 1.54) is 29.3 Å². The molecular formula is C17H24BrN. The van der Waals surface area contributed by atoms with Crippen molar-refractivity contribution < 1.29 is 0 Å². The minimum atomic E-state index is 0.439. The number of benzene rings is 1. The maximum Gasteiger partial charge on any atom is 0.0220 e. The van der Waals surface area contributed by atoms with Crippen LogP contribution in [0.2, 0.25) is 0 Å². The largest absolute Gasteiger partial charge is 0.309 e. The molecule has 0 aliphatic heterocycles. The van der Waals surface area contributed by atoms with E-state index in [2.05, 4.69) is 66.3 Å². The molecule has 1 N–H and O–H groups in total. The molecule has 2 aliphatic carbocycles. The molecule has 19 heavy (non-hydrogen) atoms. The lowest BCUT2D eigenvalue weighted by molar-refractivity contribution is 0.108. The number of hydrogen-bond donors (Lipinski definition) is 1. The van der Waals surface area contributed by atoms with E-state index in [9.17, 15) is 0 Å². The SMILES string of the molecule is CC1(C)C(NCc2ccccc2Br)[C@]2(C)CC[C@H]1C2. The second kappa shape index (κ2) is 4.60. The van der Waals surface area contributed by atoms with Crippen LogP contribution in [0.1, 0.15) is 45.6 Å². The molecule has 0 saturated heterocycles. The molecule has 3 rings (SSSR count). The standard InChI is InChI=1S/C17H24BrN/c1-16(2)13-8-9-17(3,10-13)15(16)19-11-12-6-4-5-7-14(12)18/h4-7,13,15,19H,8-11H2,1-3H3/t13-,15?,17+/m0/s1. The molecule has 0 heterocycles. The Morgan fingerprint density at radius 1 is 1.26 bits per heavy atom. The summed E-state index contributed by atoms with van der Waals surface area (Å²) in [7, 11) is 0. The Balaban J connectivity index is 1.75. The van der Waals surface area contributed by atoms with Crippen molar-refractivity contribution in [3.05, 3.63) is 34.3 Å². The number of rotatable bonds is 3. The first kappa shape index (κ1) is 13.6. The van der Waals surface area contributed by atoms with E-state index in [1.807, 2.05) is 0 Å². The maximum absolute atomic E-state index is 3.87. The molecule has 1 aromatic rings. The van der Waals surface area contributed by atoms with Gasteiger partial charge in [0.1, 0.15) is 0 Å². The zero-order valence-corrected chi connectivity index (χ0v) is 13.8. The maximum atomic E-state index is 3.87. The smallest absolute Gasteiger partial charge is 0.0220 e. The molecule has 1 unspecified atom stereocenters. The summed E-state index contributed by atoms with van der Waals surface area (Å²) in [4.78, 5) is 0. The van der Waals surface area contributed by atoms with Crippen molar-refractivity contribution in [3.8, 4) is 0 Å². The third kappa shape index (κ3) is 2.17. The highest BCUT2D eigenvalue weighted by Crippen LogP contribution is 2.62. The van der Waals surface area contributed by atoms with Gasteiger partial charge in [0.25, 0.3) is 0 Å². The van der Waals surface area contributed by atoms with E-state index in [-0.39, 0.29) is 0 Å². The Bertz CT molecular complexity index is 477. The first-order chi connectivity index (χ1) is 8.93. The number of hydrogen-bond acceptors (Lipinski definition) is 1. The molecule has 1 nitrogen and oxygen atoms in total. The molecule has 2 heteroatoms. The topological polar surface area (TPSA) is 12.0 Å². The fourth-order valence-corrected chi connectivity index (χ4v) is 5.09. The molecule has 2 aliphatic rings. The van der Waals surface area contributed by atoms with Crippen molar-refractivity contribution in [2.24, 2.45) is 16.7 Å². The van der Waals surface area contributed by atoms with Crippen LogP contribution in [-0.2, 0) is 6.54 Å². The van der Waals surface area contributed by atoms with Gasteiger partial charge in [0.15, 0.2) is 0 Å². The second-order valence-corrected chi connectivity index (χ2v) is 8.17. The molecule has 0 spiro atoms. The molecule has 2 saturated carbocycles. The van der Waals surface area contributed by atoms with E-state index >= 15 is 0 Å². The summed E-state index contributed by atoms with van der Waals surface area (Å²) in [5, 5.41) is 3.87. The molecule has 2 fully saturated rings. The van der Waals surface area contributed by atoms with Crippen LogP contribution in [0.5, 0.6) is 0 Å². The summed E-state index contributed by atoms with van der Waals surface area (Å²) in [6, 6.07) is 9.18. The average molecular weight is 322 g/mol. The normalized spacial score (nSPS) is 35.8. The van der Waals surface area contributed by atoms with Gasteiger partial charge in [-0.2, -0.15) is 0 Å². The molecule has 0 radical (unpaired) electrons. The second-order valence-electron chi connectivity index (χ2n) is 7.32. The quantitative estimate of drug-likeness (QED) is 0.846. The third-order valence-electron chi connectivity index (χ3n) is 5.72. The van der Waals surface area contributed by atoms with Gasteiger partial charge < -0.3 is 5.32 Å². The first-order valence-electron chi connectivity index (χ1n) is 7.40. The van der Waals surface area contributed by atoms with Gasteiger partial charge >= 0.3 is 0 Å². The summed E-state index contributed by atoms with van der Waals surface area (Å²) in [6.45, 7) is 8.37. The summed E-state index contributed by atoms with van der Waals surface area (Å²) in [5.41, 5.74) is 2.31. The minimum Gasteiger partial charge on any atom is -0.309 e. The van der Waals surface area contributed by atoms with Crippen LogP contribution >= 0.6 is 15.9 Å². The average Bonchev–Trinajstić information content (AvgIpc) is 2.82. The van der Waals surface area contributed by atoms with Crippen LogP contribution in [0.25, 0.3) is 0 Å². The summed E-state index contributed by atoms with van der Waals surface area (Å²) in [6.07, 6.45) is 4.24. The first-order valence-corrected chi connectivity index (χ1v) is 8.19. The molecule has 2 bridgehead atoms. The van der Waals surface area contributed by atoms with Crippen molar-refractivity contribution in [1.82, 2.24) is 5.32 Å². The van der Waals surface area contributed by atoms with Gasteiger partial charge in [-0.1, -0.05) is 54.9 Å². The molecule has 0 aromatic heterocycles. The Morgan fingerprint density at radius 3 is 2.63 bits per heavy atom. The van der Waals surface area contributed by atoms with Crippen molar-refractivity contribution in [1.29, 1.82) is 0 Å². The van der Waals surface area contributed by atoms with Crippen LogP contribution in [0.4, 0.5) is 0 Å². The van der Waals surface area contributed by atoms with Gasteiger partial charge in [-0.05, 0) is 47.6 Å². The Kier molecular flexibility index (Phi) is 3.30. The van der Waals surface area contributed by atoms with E-state index in [0.29, 0.717) is 16.9 Å². The van der Waals surface area contributed by atoms with Crippen molar-refractivity contribution in [2.45, 2.75) is 52.6 Å². The molecule has 0 amide bonds. The molecule has 1 aromatic carbocycles. The van der Waals surface area contributed by atoms with Gasteiger partial charge in [0.2, 0.25) is 0 Å².